The van der Waals surface area contributed by atoms with Crippen LogP contribution in [0.15, 0.2) is 18.5 Å². The van der Waals surface area contributed by atoms with Crippen LogP contribution in [0.4, 0.5) is 0 Å². The average molecular weight is 298 g/mol. The molecule has 0 saturated carbocycles. The molecule has 6 nitrogen and oxygen atoms in total. The molecular formula is C13H16ClN3O3. The van der Waals surface area contributed by atoms with E-state index in [9.17, 15) is 9.59 Å². The largest absolute Gasteiger partial charge is 0.464 e. The van der Waals surface area contributed by atoms with Gasteiger partial charge in [0.05, 0.1) is 17.2 Å². The Bertz CT molecular complexity index is 509. The average Bonchev–Trinajstić information content (AvgIpc) is 2.47. The van der Waals surface area contributed by atoms with Crippen molar-refractivity contribution in [3.8, 4) is 0 Å². The summed E-state index contributed by atoms with van der Waals surface area (Å²) in [6, 6.07) is 0.926. The Kier molecular flexibility index (Phi) is 4.92. The molecular weight excluding hydrogens is 282 g/mol. The molecule has 1 aromatic heterocycles. The van der Waals surface area contributed by atoms with E-state index in [0.29, 0.717) is 25.2 Å². The molecule has 1 N–H and O–H groups in total. The first-order valence-corrected chi connectivity index (χ1v) is 6.80. The number of nitrogens with zero attached hydrogens (tertiary/aromatic N) is 2. The minimum absolute atomic E-state index is 0.277. The van der Waals surface area contributed by atoms with Gasteiger partial charge in [0, 0.05) is 32.0 Å². The van der Waals surface area contributed by atoms with Crippen molar-refractivity contribution in [1.82, 2.24) is 15.2 Å². The fourth-order valence-electron chi connectivity index (χ4n) is 2.10. The molecule has 2 heterocycles. The van der Waals surface area contributed by atoms with E-state index in [2.05, 4.69) is 10.3 Å². The molecule has 0 bridgehead atoms. The highest BCUT2D eigenvalue weighted by Crippen LogP contribution is 2.18. The molecule has 1 amide bonds. The number of carbonyl (C=O) groups is 2. The van der Waals surface area contributed by atoms with E-state index in [0.717, 1.165) is 0 Å². The number of hydrogen-bond donors (Lipinski definition) is 1. The third kappa shape index (κ3) is 3.08. The van der Waals surface area contributed by atoms with E-state index in [1.165, 1.54) is 17.3 Å². The second kappa shape index (κ2) is 6.67. The summed E-state index contributed by atoms with van der Waals surface area (Å²) in [5.41, 5.74) is 0.345. The van der Waals surface area contributed by atoms with Gasteiger partial charge in [-0.05, 0) is 13.0 Å². The van der Waals surface area contributed by atoms with Crippen molar-refractivity contribution in [3.63, 3.8) is 0 Å². The van der Waals surface area contributed by atoms with Crippen molar-refractivity contribution in [2.24, 2.45) is 0 Å². The highest BCUT2D eigenvalue weighted by molar-refractivity contribution is 6.33. The van der Waals surface area contributed by atoms with Gasteiger partial charge in [-0.25, -0.2) is 4.79 Å². The molecule has 1 saturated heterocycles. The topological polar surface area (TPSA) is 71.5 Å². The number of ether oxygens (including phenoxy) is 1. The maximum Gasteiger partial charge on any atom is 0.330 e. The molecule has 1 unspecified atom stereocenters. The summed E-state index contributed by atoms with van der Waals surface area (Å²) >= 11 is 5.98. The Hall–Kier alpha value is -1.66. The monoisotopic (exact) mass is 297 g/mol. The number of aromatic nitrogens is 1. The van der Waals surface area contributed by atoms with Crippen LogP contribution < -0.4 is 5.32 Å². The summed E-state index contributed by atoms with van der Waals surface area (Å²) in [5.74, 6) is -0.685. The highest BCUT2D eigenvalue weighted by Gasteiger charge is 2.34. The van der Waals surface area contributed by atoms with Crippen molar-refractivity contribution in [2.45, 2.75) is 13.0 Å². The van der Waals surface area contributed by atoms with Crippen molar-refractivity contribution in [1.29, 1.82) is 0 Å². The van der Waals surface area contributed by atoms with Crippen LogP contribution in [-0.4, -0.2) is 54.0 Å². The fourth-order valence-corrected chi connectivity index (χ4v) is 2.30. The van der Waals surface area contributed by atoms with Gasteiger partial charge in [0.1, 0.15) is 6.04 Å². The standard InChI is InChI=1S/C13H16ClN3O3/c1-2-20-13(19)11-8-16-5-6-17(11)12(18)9-3-4-15-7-10(9)14/h3-4,7,11,16H,2,5-6,8H2,1H3. The number of pyridine rings is 1. The second-order valence-electron chi connectivity index (χ2n) is 4.33. The first-order chi connectivity index (χ1) is 9.65. The van der Waals surface area contributed by atoms with Gasteiger partial charge in [0.25, 0.3) is 5.91 Å². The molecule has 0 spiro atoms. The molecule has 0 aliphatic carbocycles. The van der Waals surface area contributed by atoms with Gasteiger partial charge >= 0.3 is 5.97 Å². The normalized spacial score (nSPS) is 18.7. The van der Waals surface area contributed by atoms with Crippen LogP contribution in [0.3, 0.4) is 0 Å². The van der Waals surface area contributed by atoms with E-state index in [-0.39, 0.29) is 17.5 Å². The first-order valence-electron chi connectivity index (χ1n) is 6.43. The van der Waals surface area contributed by atoms with E-state index in [1.54, 1.807) is 13.0 Å². The third-order valence-electron chi connectivity index (χ3n) is 3.07. The second-order valence-corrected chi connectivity index (χ2v) is 4.73. The van der Waals surface area contributed by atoms with E-state index < -0.39 is 12.0 Å². The van der Waals surface area contributed by atoms with Crippen LogP contribution in [0.25, 0.3) is 0 Å². The molecule has 1 atom stereocenters. The lowest BCUT2D eigenvalue weighted by molar-refractivity contribution is -0.149. The molecule has 20 heavy (non-hydrogen) atoms. The van der Waals surface area contributed by atoms with Crippen molar-refractivity contribution in [3.05, 3.63) is 29.0 Å². The zero-order valence-corrected chi connectivity index (χ0v) is 11.9. The van der Waals surface area contributed by atoms with E-state index >= 15 is 0 Å². The number of nitrogens with one attached hydrogen (secondary N) is 1. The van der Waals surface area contributed by atoms with Crippen LogP contribution in [0.5, 0.6) is 0 Å². The van der Waals surface area contributed by atoms with Crippen molar-refractivity contribution in [2.75, 3.05) is 26.2 Å². The predicted molar refractivity (Wildman–Crippen MR) is 73.6 cm³/mol. The number of carbonyl (C=O) groups excluding carboxylic acids is 2. The highest BCUT2D eigenvalue weighted by atomic mass is 35.5. The molecule has 1 aliphatic rings. The lowest BCUT2D eigenvalue weighted by Crippen LogP contribution is -2.57. The number of hydrogen-bond acceptors (Lipinski definition) is 5. The van der Waals surface area contributed by atoms with E-state index in [1.807, 2.05) is 0 Å². The number of halogens is 1. The van der Waals surface area contributed by atoms with Gasteiger partial charge in [-0.1, -0.05) is 11.6 Å². The van der Waals surface area contributed by atoms with Crippen molar-refractivity contribution < 1.29 is 14.3 Å². The third-order valence-corrected chi connectivity index (χ3v) is 3.37. The molecule has 108 valence electrons. The minimum atomic E-state index is -0.625. The Morgan fingerprint density at radius 1 is 1.60 bits per heavy atom. The van der Waals surface area contributed by atoms with Crippen LogP contribution in [-0.2, 0) is 9.53 Å². The Morgan fingerprint density at radius 2 is 2.40 bits per heavy atom. The molecule has 1 aliphatic heterocycles. The number of piperazine rings is 1. The van der Waals surface area contributed by atoms with Gasteiger partial charge in [0.15, 0.2) is 0 Å². The van der Waals surface area contributed by atoms with Crippen LogP contribution >= 0.6 is 11.6 Å². The lowest BCUT2D eigenvalue weighted by atomic mass is 10.1. The Balaban J connectivity index is 2.22. The maximum atomic E-state index is 12.5. The zero-order chi connectivity index (χ0) is 14.5. The molecule has 0 aromatic carbocycles. The van der Waals surface area contributed by atoms with Crippen LogP contribution in [0.2, 0.25) is 5.02 Å². The molecule has 1 fully saturated rings. The van der Waals surface area contributed by atoms with Crippen molar-refractivity contribution >= 4 is 23.5 Å². The molecule has 2 rings (SSSR count). The SMILES string of the molecule is CCOC(=O)C1CNCCN1C(=O)c1ccncc1Cl. The zero-order valence-electron chi connectivity index (χ0n) is 11.1. The molecule has 0 radical (unpaired) electrons. The minimum Gasteiger partial charge on any atom is -0.464 e. The Morgan fingerprint density at radius 3 is 3.10 bits per heavy atom. The number of amides is 1. The summed E-state index contributed by atoms with van der Waals surface area (Å²) < 4.78 is 5.01. The number of esters is 1. The lowest BCUT2D eigenvalue weighted by Gasteiger charge is -2.34. The summed E-state index contributed by atoms with van der Waals surface area (Å²) in [5, 5.41) is 3.36. The quantitative estimate of drug-likeness (QED) is 0.832. The van der Waals surface area contributed by atoms with Gasteiger partial charge < -0.3 is 15.0 Å². The van der Waals surface area contributed by atoms with Gasteiger partial charge in [-0.3, -0.25) is 9.78 Å². The smallest absolute Gasteiger partial charge is 0.330 e. The summed E-state index contributed by atoms with van der Waals surface area (Å²) in [6.07, 6.45) is 2.91. The van der Waals surface area contributed by atoms with Gasteiger partial charge in [-0.2, -0.15) is 0 Å². The van der Waals surface area contributed by atoms with E-state index in [4.69, 9.17) is 16.3 Å². The van der Waals surface area contributed by atoms with Crippen LogP contribution in [0, 0.1) is 0 Å². The summed E-state index contributed by atoms with van der Waals surface area (Å²) in [7, 11) is 0. The summed E-state index contributed by atoms with van der Waals surface area (Å²) in [6.45, 7) is 3.46. The maximum absolute atomic E-state index is 12.5. The first kappa shape index (κ1) is 14.7. The number of rotatable bonds is 3. The van der Waals surface area contributed by atoms with Gasteiger partial charge in [-0.15, -0.1) is 0 Å². The van der Waals surface area contributed by atoms with Gasteiger partial charge in [0.2, 0.25) is 0 Å². The van der Waals surface area contributed by atoms with Crippen LogP contribution in [0.1, 0.15) is 17.3 Å². The summed E-state index contributed by atoms with van der Waals surface area (Å²) in [4.78, 5) is 29.8. The Labute approximate surface area is 122 Å². The fraction of sp³-hybridized carbons (Fsp3) is 0.462. The molecule has 7 heteroatoms. The molecule has 1 aromatic rings. The predicted octanol–water partition coefficient (Wildman–Crippen LogP) is 0.712.